The van der Waals surface area contributed by atoms with E-state index in [4.69, 9.17) is 27.9 Å². The number of methoxy groups -OCH3 is 2. The first-order chi connectivity index (χ1) is 12.3. The Kier molecular flexibility index (Phi) is 7.02. The summed E-state index contributed by atoms with van der Waals surface area (Å²) in [5, 5.41) is 5.87. The number of anilines is 1. The number of hydrogen-bond acceptors (Lipinski definition) is 5. The summed E-state index contributed by atoms with van der Waals surface area (Å²) in [6, 6.07) is 4.12. The van der Waals surface area contributed by atoms with Gasteiger partial charge in [-0.05, 0) is 24.6 Å². The largest absolute Gasteiger partial charge is 0.469 e. The predicted octanol–water partition coefficient (Wildman–Crippen LogP) is 2.18. The molecule has 0 spiro atoms. The van der Waals surface area contributed by atoms with Crippen LogP contribution >= 0.6 is 23.2 Å². The highest BCUT2D eigenvalue weighted by molar-refractivity contribution is 6.35. The summed E-state index contributed by atoms with van der Waals surface area (Å²) in [5.74, 6) is -2.10. The van der Waals surface area contributed by atoms with Crippen molar-refractivity contribution in [3.8, 4) is 0 Å². The Balaban J connectivity index is 1.96. The molecule has 1 aromatic rings. The number of nitrogens with one attached hydrogen (secondary N) is 2. The summed E-state index contributed by atoms with van der Waals surface area (Å²) < 4.78 is 9.67. The van der Waals surface area contributed by atoms with Crippen LogP contribution in [0.25, 0.3) is 0 Å². The van der Waals surface area contributed by atoms with E-state index in [1.54, 1.807) is 12.2 Å². The Hall–Kier alpha value is -2.09. The fourth-order valence-corrected chi connectivity index (χ4v) is 3.08. The smallest absolute Gasteiger partial charge is 0.312 e. The minimum absolute atomic E-state index is 0.342. The zero-order valence-corrected chi connectivity index (χ0v) is 15.6. The standard InChI is InChI=1S/C17H18Cl2N2O5/c1-25-14(16(23)21-13-7-10(18)6-11(19)8-13)15(22)20-12-4-3-9(5-12)17(24)26-2/h3-4,6-9,12,14H,5H2,1-2H3,(H,20,22)(H,21,23)/t9-,12+,14+/m1/s1. The van der Waals surface area contributed by atoms with Crippen LogP contribution in [0.15, 0.2) is 30.4 Å². The molecule has 1 aliphatic carbocycles. The highest BCUT2D eigenvalue weighted by Gasteiger charge is 2.31. The average molecular weight is 401 g/mol. The third-order valence-electron chi connectivity index (χ3n) is 3.76. The van der Waals surface area contributed by atoms with Crippen LogP contribution in [0, 0.1) is 5.92 Å². The number of benzene rings is 1. The average Bonchev–Trinajstić information content (AvgIpc) is 3.02. The molecular formula is C17H18Cl2N2O5. The normalized spacial score (nSPS) is 19.7. The van der Waals surface area contributed by atoms with Crippen molar-refractivity contribution in [2.45, 2.75) is 18.6 Å². The first kappa shape index (κ1) is 20.2. The lowest BCUT2D eigenvalue weighted by Gasteiger charge is -2.18. The molecule has 2 N–H and O–H groups in total. The Bertz CT molecular complexity index is 718. The lowest BCUT2D eigenvalue weighted by Crippen LogP contribution is -2.47. The molecular weight excluding hydrogens is 383 g/mol. The number of amides is 2. The van der Waals surface area contributed by atoms with Crippen LogP contribution in [0.1, 0.15) is 6.42 Å². The molecule has 2 amide bonds. The van der Waals surface area contributed by atoms with E-state index >= 15 is 0 Å². The third kappa shape index (κ3) is 5.20. The van der Waals surface area contributed by atoms with E-state index in [-0.39, 0.29) is 5.97 Å². The van der Waals surface area contributed by atoms with Crippen LogP contribution in [0.4, 0.5) is 5.69 Å². The van der Waals surface area contributed by atoms with Gasteiger partial charge in [0.2, 0.25) is 6.10 Å². The molecule has 0 aromatic heterocycles. The van der Waals surface area contributed by atoms with E-state index in [2.05, 4.69) is 15.4 Å². The molecule has 0 aliphatic heterocycles. The van der Waals surface area contributed by atoms with E-state index in [1.165, 1.54) is 32.4 Å². The third-order valence-corrected chi connectivity index (χ3v) is 4.19. The monoisotopic (exact) mass is 400 g/mol. The first-order valence-corrected chi connectivity index (χ1v) is 8.46. The number of carbonyl (C=O) groups excluding carboxylic acids is 3. The van der Waals surface area contributed by atoms with Gasteiger partial charge in [-0.3, -0.25) is 14.4 Å². The topological polar surface area (TPSA) is 93.7 Å². The molecule has 3 atom stereocenters. The molecule has 140 valence electrons. The van der Waals surface area contributed by atoms with Gasteiger partial charge in [0.1, 0.15) is 0 Å². The van der Waals surface area contributed by atoms with Gasteiger partial charge in [-0.1, -0.05) is 35.4 Å². The van der Waals surface area contributed by atoms with Gasteiger partial charge in [0, 0.05) is 28.9 Å². The van der Waals surface area contributed by atoms with Gasteiger partial charge >= 0.3 is 5.97 Å². The summed E-state index contributed by atoms with van der Waals surface area (Å²) in [7, 11) is 2.55. The van der Waals surface area contributed by atoms with Crippen molar-refractivity contribution in [1.82, 2.24) is 5.32 Å². The summed E-state index contributed by atoms with van der Waals surface area (Å²) in [6.07, 6.45) is 2.33. The molecule has 0 unspecified atom stereocenters. The Morgan fingerprint density at radius 1 is 1.08 bits per heavy atom. The van der Waals surface area contributed by atoms with Crippen molar-refractivity contribution >= 4 is 46.7 Å². The molecule has 1 aliphatic rings. The van der Waals surface area contributed by atoms with Crippen molar-refractivity contribution in [2.24, 2.45) is 5.92 Å². The molecule has 0 saturated heterocycles. The van der Waals surface area contributed by atoms with E-state index in [0.29, 0.717) is 22.2 Å². The quantitative estimate of drug-likeness (QED) is 0.433. The van der Waals surface area contributed by atoms with E-state index < -0.39 is 29.9 Å². The molecule has 26 heavy (non-hydrogen) atoms. The number of esters is 1. The maximum absolute atomic E-state index is 12.3. The van der Waals surface area contributed by atoms with Gasteiger partial charge in [-0.15, -0.1) is 0 Å². The summed E-state index contributed by atoms with van der Waals surface area (Å²) in [5.41, 5.74) is 0.342. The van der Waals surface area contributed by atoms with Crippen molar-refractivity contribution in [3.63, 3.8) is 0 Å². The summed E-state index contributed by atoms with van der Waals surface area (Å²) >= 11 is 11.8. The maximum Gasteiger partial charge on any atom is 0.312 e. The Morgan fingerprint density at radius 3 is 2.31 bits per heavy atom. The second-order valence-corrected chi connectivity index (χ2v) is 6.50. The zero-order valence-electron chi connectivity index (χ0n) is 14.1. The minimum atomic E-state index is -1.38. The lowest BCUT2D eigenvalue weighted by atomic mass is 10.1. The second kappa shape index (κ2) is 9.02. The zero-order chi connectivity index (χ0) is 19.3. The van der Waals surface area contributed by atoms with Crippen molar-refractivity contribution in [3.05, 3.63) is 40.4 Å². The first-order valence-electron chi connectivity index (χ1n) is 7.70. The highest BCUT2D eigenvalue weighted by atomic mass is 35.5. The fourth-order valence-electron chi connectivity index (χ4n) is 2.56. The number of ether oxygens (including phenoxy) is 2. The number of carbonyl (C=O) groups is 3. The molecule has 2 rings (SSSR count). The van der Waals surface area contributed by atoms with Crippen LogP contribution in [0.3, 0.4) is 0 Å². The Morgan fingerprint density at radius 2 is 1.73 bits per heavy atom. The number of hydrogen-bond donors (Lipinski definition) is 2. The second-order valence-electron chi connectivity index (χ2n) is 5.63. The summed E-state index contributed by atoms with van der Waals surface area (Å²) in [4.78, 5) is 36.2. The fraction of sp³-hybridized carbons (Fsp3) is 0.353. The van der Waals surface area contributed by atoms with Gasteiger partial charge in [-0.25, -0.2) is 0 Å². The highest BCUT2D eigenvalue weighted by Crippen LogP contribution is 2.23. The van der Waals surface area contributed by atoms with Crippen molar-refractivity contribution in [1.29, 1.82) is 0 Å². The van der Waals surface area contributed by atoms with E-state index in [1.807, 2.05) is 0 Å². The minimum Gasteiger partial charge on any atom is -0.469 e. The molecule has 0 bridgehead atoms. The van der Waals surface area contributed by atoms with Gasteiger partial charge in [0.25, 0.3) is 11.8 Å². The van der Waals surface area contributed by atoms with Crippen LogP contribution in [0.2, 0.25) is 10.0 Å². The van der Waals surface area contributed by atoms with E-state index in [0.717, 1.165) is 0 Å². The van der Waals surface area contributed by atoms with Crippen LogP contribution < -0.4 is 10.6 Å². The van der Waals surface area contributed by atoms with Crippen LogP contribution in [-0.2, 0) is 23.9 Å². The van der Waals surface area contributed by atoms with Crippen molar-refractivity contribution < 1.29 is 23.9 Å². The lowest BCUT2D eigenvalue weighted by molar-refractivity contribution is -0.144. The van der Waals surface area contributed by atoms with Gasteiger partial charge in [0.15, 0.2) is 0 Å². The molecule has 0 radical (unpaired) electrons. The molecule has 7 nitrogen and oxygen atoms in total. The van der Waals surface area contributed by atoms with Crippen LogP contribution in [0.5, 0.6) is 0 Å². The van der Waals surface area contributed by atoms with Gasteiger partial charge in [-0.2, -0.15) is 0 Å². The Labute approximate surface area is 160 Å². The van der Waals surface area contributed by atoms with Crippen molar-refractivity contribution in [2.75, 3.05) is 19.5 Å². The molecule has 0 fully saturated rings. The van der Waals surface area contributed by atoms with Gasteiger partial charge < -0.3 is 20.1 Å². The maximum atomic E-state index is 12.3. The van der Waals surface area contributed by atoms with E-state index in [9.17, 15) is 14.4 Å². The molecule has 1 aromatic carbocycles. The number of halogens is 2. The predicted molar refractivity (Wildman–Crippen MR) is 97.1 cm³/mol. The SMILES string of the molecule is COC(=O)[C@@H]1C=C[C@H](NC(=O)[C@H](OC)C(=O)Nc2cc(Cl)cc(Cl)c2)C1. The molecule has 9 heteroatoms. The molecule has 0 saturated carbocycles. The van der Waals surface area contributed by atoms with Crippen LogP contribution in [-0.4, -0.2) is 44.1 Å². The van der Waals surface area contributed by atoms with Gasteiger partial charge in [0.05, 0.1) is 13.0 Å². The summed E-state index contributed by atoms with van der Waals surface area (Å²) in [6.45, 7) is 0. The number of rotatable bonds is 6. The molecule has 0 heterocycles.